The van der Waals surface area contributed by atoms with Crippen LogP contribution in [0.2, 0.25) is 0 Å². The van der Waals surface area contributed by atoms with Gasteiger partial charge in [0, 0.05) is 45.5 Å². The summed E-state index contributed by atoms with van der Waals surface area (Å²) in [5.74, 6) is 0. The molecule has 7 nitrogen and oxygen atoms in total. The Bertz CT molecular complexity index is 738. The molecule has 130 valence electrons. The summed E-state index contributed by atoms with van der Waals surface area (Å²) in [7, 11) is 1.73. The van der Waals surface area contributed by atoms with E-state index in [1.54, 1.807) is 7.11 Å². The molecule has 1 N–H and O–H groups in total. The van der Waals surface area contributed by atoms with Crippen molar-refractivity contribution in [1.82, 2.24) is 14.5 Å². The van der Waals surface area contributed by atoms with E-state index in [1.807, 2.05) is 18.2 Å². The van der Waals surface area contributed by atoms with E-state index < -0.39 is 0 Å². The van der Waals surface area contributed by atoms with Crippen LogP contribution in [0.25, 0.3) is 10.9 Å². The Morgan fingerprint density at radius 2 is 2.00 bits per heavy atom. The minimum Gasteiger partial charge on any atom is -0.395 e. The van der Waals surface area contributed by atoms with Gasteiger partial charge in [-0.25, -0.2) is 4.98 Å². The van der Waals surface area contributed by atoms with Gasteiger partial charge in [0.25, 0.3) is 5.56 Å². The van der Waals surface area contributed by atoms with Crippen molar-refractivity contribution in [3.8, 4) is 0 Å². The second-order valence-electron chi connectivity index (χ2n) is 5.99. The molecular formula is C17H24N4O3. The summed E-state index contributed by atoms with van der Waals surface area (Å²) in [6.07, 6.45) is 1.51. The molecule has 1 aliphatic heterocycles. The van der Waals surface area contributed by atoms with E-state index in [9.17, 15) is 4.79 Å². The highest BCUT2D eigenvalue weighted by Gasteiger charge is 2.17. The van der Waals surface area contributed by atoms with Crippen LogP contribution in [-0.4, -0.2) is 72.6 Å². The molecule has 0 amide bonds. The fraction of sp³-hybridized carbons (Fsp3) is 0.529. The monoisotopic (exact) mass is 332 g/mol. The van der Waals surface area contributed by atoms with Crippen molar-refractivity contribution in [3.63, 3.8) is 0 Å². The van der Waals surface area contributed by atoms with E-state index >= 15 is 0 Å². The number of ether oxygens (including phenoxy) is 1. The SMILES string of the molecule is COCCN1CCN(c2ccc3c(=O)n(CCO)cnc3c2)CC1. The van der Waals surface area contributed by atoms with E-state index in [1.165, 1.54) is 10.9 Å². The predicted octanol–water partition coefficient (Wildman–Crippen LogP) is 0.157. The lowest BCUT2D eigenvalue weighted by atomic mass is 10.2. The number of aliphatic hydroxyl groups excluding tert-OH is 1. The van der Waals surface area contributed by atoms with Crippen molar-refractivity contribution in [2.45, 2.75) is 6.54 Å². The minimum atomic E-state index is -0.106. The third-order valence-corrected chi connectivity index (χ3v) is 4.50. The minimum absolute atomic E-state index is 0.0709. The van der Waals surface area contributed by atoms with Crippen LogP contribution < -0.4 is 10.5 Å². The molecule has 0 saturated carbocycles. The van der Waals surface area contributed by atoms with Crippen molar-refractivity contribution < 1.29 is 9.84 Å². The lowest BCUT2D eigenvalue weighted by Crippen LogP contribution is -2.47. The van der Waals surface area contributed by atoms with Crippen LogP contribution in [0.15, 0.2) is 29.3 Å². The lowest BCUT2D eigenvalue weighted by Gasteiger charge is -2.36. The number of anilines is 1. The summed E-state index contributed by atoms with van der Waals surface area (Å²) in [6, 6.07) is 5.80. The van der Waals surface area contributed by atoms with E-state index in [0.717, 1.165) is 45.0 Å². The van der Waals surface area contributed by atoms with Crippen LogP contribution in [0.1, 0.15) is 0 Å². The van der Waals surface area contributed by atoms with Crippen molar-refractivity contribution in [2.24, 2.45) is 0 Å². The molecule has 0 radical (unpaired) electrons. The van der Waals surface area contributed by atoms with E-state index in [0.29, 0.717) is 10.9 Å². The molecule has 1 saturated heterocycles. The first kappa shape index (κ1) is 16.9. The topological polar surface area (TPSA) is 70.8 Å². The van der Waals surface area contributed by atoms with Gasteiger partial charge in [0.1, 0.15) is 0 Å². The lowest BCUT2D eigenvalue weighted by molar-refractivity contribution is 0.144. The number of aromatic nitrogens is 2. The second-order valence-corrected chi connectivity index (χ2v) is 5.99. The van der Waals surface area contributed by atoms with Crippen LogP contribution in [-0.2, 0) is 11.3 Å². The van der Waals surface area contributed by atoms with Crippen LogP contribution in [0.5, 0.6) is 0 Å². The molecule has 24 heavy (non-hydrogen) atoms. The first-order valence-corrected chi connectivity index (χ1v) is 8.29. The number of methoxy groups -OCH3 is 1. The molecule has 1 aromatic carbocycles. The van der Waals surface area contributed by atoms with Gasteiger partial charge in [0.15, 0.2) is 0 Å². The van der Waals surface area contributed by atoms with Gasteiger partial charge in [-0.2, -0.15) is 0 Å². The van der Waals surface area contributed by atoms with Crippen molar-refractivity contribution in [2.75, 3.05) is 57.9 Å². The van der Waals surface area contributed by atoms with Crippen molar-refractivity contribution in [1.29, 1.82) is 0 Å². The zero-order valence-electron chi connectivity index (χ0n) is 14.0. The average Bonchev–Trinajstić information content (AvgIpc) is 2.62. The highest BCUT2D eigenvalue weighted by molar-refractivity contribution is 5.81. The highest BCUT2D eigenvalue weighted by atomic mass is 16.5. The summed E-state index contributed by atoms with van der Waals surface area (Å²) in [5, 5.41) is 9.59. The van der Waals surface area contributed by atoms with Crippen LogP contribution in [0.4, 0.5) is 5.69 Å². The fourth-order valence-electron chi connectivity index (χ4n) is 3.06. The Balaban J connectivity index is 1.75. The number of fused-ring (bicyclic) bond motifs is 1. The molecule has 0 spiro atoms. The molecule has 0 unspecified atom stereocenters. The van der Waals surface area contributed by atoms with Crippen molar-refractivity contribution in [3.05, 3.63) is 34.9 Å². The summed E-state index contributed by atoms with van der Waals surface area (Å²) in [6.45, 7) is 5.85. The average molecular weight is 332 g/mol. The number of hydrogen-bond acceptors (Lipinski definition) is 6. The molecule has 1 aliphatic rings. The molecule has 2 aromatic rings. The maximum Gasteiger partial charge on any atom is 0.261 e. The maximum absolute atomic E-state index is 12.3. The van der Waals surface area contributed by atoms with E-state index in [-0.39, 0.29) is 18.7 Å². The fourth-order valence-corrected chi connectivity index (χ4v) is 3.06. The molecule has 0 bridgehead atoms. The molecule has 1 aromatic heterocycles. The summed E-state index contributed by atoms with van der Waals surface area (Å²) in [4.78, 5) is 21.4. The molecule has 2 heterocycles. The normalized spacial score (nSPS) is 16.0. The number of aliphatic hydroxyl groups is 1. The predicted molar refractivity (Wildman–Crippen MR) is 93.6 cm³/mol. The van der Waals surface area contributed by atoms with Gasteiger partial charge in [-0.15, -0.1) is 0 Å². The summed E-state index contributed by atoms with van der Waals surface area (Å²) in [5.41, 5.74) is 1.69. The van der Waals surface area contributed by atoms with Crippen LogP contribution in [0.3, 0.4) is 0 Å². The Morgan fingerprint density at radius 1 is 1.21 bits per heavy atom. The van der Waals surface area contributed by atoms with Gasteiger partial charge in [-0.05, 0) is 18.2 Å². The van der Waals surface area contributed by atoms with E-state index in [4.69, 9.17) is 9.84 Å². The largest absolute Gasteiger partial charge is 0.395 e. The Kier molecular flexibility index (Phi) is 5.44. The zero-order valence-corrected chi connectivity index (χ0v) is 14.0. The van der Waals surface area contributed by atoms with Crippen molar-refractivity contribution >= 4 is 16.6 Å². The summed E-state index contributed by atoms with van der Waals surface area (Å²) < 4.78 is 6.57. The highest BCUT2D eigenvalue weighted by Crippen LogP contribution is 2.20. The summed E-state index contributed by atoms with van der Waals surface area (Å²) >= 11 is 0. The maximum atomic E-state index is 12.3. The van der Waals surface area contributed by atoms with Gasteiger partial charge in [0.05, 0.1) is 37.0 Å². The Hall–Kier alpha value is -1.96. The van der Waals surface area contributed by atoms with Crippen LogP contribution in [0, 0.1) is 0 Å². The van der Waals surface area contributed by atoms with Gasteiger partial charge < -0.3 is 14.7 Å². The number of rotatable bonds is 6. The van der Waals surface area contributed by atoms with Gasteiger partial charge in [-0.1, -0.05) is 0 Å². The van der Waals surface area contributed by atoms with Crippen LogP contribution >= 0.6 is 0 Å². The zero-order chi connectivity index (χ0) is 16.9. The number of benzene rings is 1. The molecule has 7 heteroatoms. The first-order chi connectivity index (χ1) is 11.7. The smallest absolute Gasteiger partial charge is 0.261 e. The van der Waals surface area contributed by atoms with Gasteiger partial charge >= 0.3 is 0 Å². The van der Waals surface area contributed by atoms with Gasteiger partial charge in [-0.3, -0.25) is 14.3 Å². The Morgan fingerprint density at radius 3 is 2.71 bits per heavy atom. The Labute approximate surface area is 141 Å². The first-order valence-electron chi connectivity index (χ1n) is 8.29. The standard InChI is InChI=1S/C17H24N4O3/c1-24-11-9-19-4-6-20(7-5-19)14-2-3-15-16(12-14)18-13-21(8-10-22)17(15)23/h2-3,12-13,22H,4-11H2,1H3. The molecular weight excluding hydrogens is 308 g/mol. The number of hydrogen-bond donors (Lipinski definition) is 1. The third-order valence-electron chi connectivity index (χ3n) is 4.50. The van der Waals surface area contributed by atoms with E-state index in [2.05, 4.69) is 14.8 Å². The van der Waals surface area contributed by atoms with Gasteiger partial charge in [0.2, 0.25) is 0 Å². The molecule has 1 fully saturated rings. The molecule has 0 atom stereocenters. The number of piperazine rings is 1. The third kappa shape index (κ3) is 3.58. The quantitative estimate of drug-likeness (QED) is 0.812. The number of nitrogens with zero attached hydrogens (tertiary/aromatic N) is 4. The molecule has 0 aliphatic carbocycles. The molecule has 3 rings (SSSR count). The second kappa shape index (κ2) is 7.74.